The van der Waals surface area contributed by atoms with Crippen LogP contribution < -0.4 is 11.2 Å². The van der Waals surface area contributed by atoms with Crippen molar-refractivity contribution in [2.45, 2.75) is 19.9 Å². The maximum Gasteiger partial charge on any atom is 0.335 e. The molecule has 2 aromatic rings. The number of aryl methyl sites for hydroxylation is 1. The van der Waals surface area contributed by atoms with Crippen LogP contribution in [0, 0.1) is 6.92 Å². The highest BCUT2D eigenvalue weighted by atomic mass is 35.5. The van der Waals surface area contributed by atoms with Gasteiger partial charge in [-0.15, -0.1) is 11.6 Å². The first-order chi connectivity index (χ1) is 9.15. The fourth-order valence-corrected chi connectivity index (χ4v) is 2.04. The van der Waals surface area contributed by atoms with E-state index in [1.54, 1.807) is 13.1 Å². The smallest absolute Gasteiger partial charge is 0.269 e. The van der Waals surface area contributed by atoms with Crippen LogP contribution in [0.3, 0.4) is 0 Å². The Morgan fingerprint density at radius 1 is 1.16 bits per heavy atom. The molecule has 0 fully saturated rings. The van der Waals surface area contributed by atoms with Gasteiger partial charge < -0.3 is 0 Å². The van der Waals surface area contributed by atoms with Crippen LogP contribution in [0.2, 0.25) is 0 Å². The molecule has 0 radical (unpaired) electrons. The Hall–Kier alpha value is -1.81. The molecule has 0 aliphatic carbocycles. The van der Waals surface area contributed by atoms with Gasteiger partial charge in [-0.25, -0.2) is 4.79 Å². The quantitative estimate of drug-likeness (QED) is 0.802. The Kier molecular flexibility index (Phi) is 4.22. The molecule has 0 aliphatic rings. The van der Waals surface area contributed by atoms with E-state index >= 15 is 0 Å². The second kappa shape index (κ2) is 5.89. The fourth-order valence-electron chi connectivity index (χ4n) is 1.92. The minimum atomic E-state index is -0.327. The third-order valence-electron chi connectivity index (χ3n) is 2.89. The highest BCUT2D eigenvalue weighted by Crippen LogP contribution is 2.03. The van der Waals surface area contributed by atoms with Crippen molar-refractivity contribution in [2.75, 3.05) is 5.88 Å². The van der Waals surface area contributed by atoms with Gasteiger partial charge in [-0.1, -0.05) is 18.2 Å². The standard InChI is InChI=1S/C14H15ClN2O2/c1-11-10-17(12-6-3-2-4-7-12)14(19)16(13(11)18)9-5-8-15/h2-4,6-7,10H,5,8-9H2,1H3. The van der Waals surface area contributed by atoms with Crippen LogP contribution in [0.25, 0.3) is 5.69 Å². The first-order valence-electron chi connectivity index (χ1n) is 6.09. The molecule has 100 valence electrons. The van der Waals surface area contributed by atoms with Crippen molar-refractivity contribution in [3.05, 3.63) is 62.9 Å². The van der Waals surface area contributed by atoms with Gasteiger partial charge in [0.25, 0.3) is 5.56 Å². The molecule has 0 atom stereocenters. The van der Waals surface area contributed by atoms with E-state index in [-0.39, 0.29) is 11.2 Å². The van der Waals surface area contributed by atoms with Crippen molar-refractivity contribution < 1.29 is 0 Å². The average Bonchev–Trinajstić information content (AvgIpc) is 2.44. The number of para-hydroxylation sites is 1. The van der Waals surface area contributed by atoms with Crippen LogP contribution in [-0.2, 0) is 6.54 Å². The predicted octanol–water partition coefficient (Wildman–Crippen LogP) is 1.94. The van der Waals surface area contributed by atoms with Crippen LogP contribution in [0.15, 0.2) is 46.1 Å². The third-order valence-corrected chi connectivity index (χ3v) is 3.16. The minimum absolute atomic E-state index is 0.248. The fraction of sp³-hybridized carbons (Fsp3) is 0.286. The summed E-state index contributed by atoms with van der Waals surface area (Å²) in [4.78, 5) is 24.3. The Morgan fingerprint density at radius 2 is 1.84 bits per heavy atom. The van der Waals surface area contributed by atoms with Gasteiger partial charge in [0, 0.05) is 24.2 Å². The molecule has 0 saturated heterocycles. The Morgan fingerprint density at radius 3 is 2.47 bits per heavy atom. The lowest BCUT2D eigenvalue weighted by Crippen LogP contribution is -2.40. The second-order valence-electron chi connectivity index (χ2n) is 4.30. The number of aromatic nitrogens is 2. The van der Waals surface area contributed by atoms with Gasteiger partial charge in [0.2, 0.25) is 0 Å². The molecule has 0 bridgehead atoms. The molecule has 0 unspecified atom stereocenters. The van der Waals surface area contributed by atoms with Crippen molar-refractivity contribution in [3.8, 4) is 5.69 Å². The number of halogens is 1. The van der Waals surface area contributed by atoms with Crippen molar-refractivity contribution in [2.24, 2.45) is 0 Å². The van der Waals surface area contributed by atoms with E-state index in [1.165, 1.54) is 9.13 Å². The van der Waals surface area contributed by atoms with Gasteiger partial charge >= 0.3 is 5.69 Å². The lowest BCUT2D eigenvalue weighted by molar-refractivity contribution is 0.595. The van der Waals surface area contributed by atoms with Crippen molar-refractivity contribution in [1.29, 1.82) is 0 Å². The van der Waals surface area contributed by atoms with Crippen LogP contribution in [0.1, 0.15) is 12.0 Å². The molecule has 0 aliphatic heterocycles. The molecule has 1 heterocycles. The maximum absolute atomic E-state index is 12.3. The minimum Gasteiger partial charge on any atom is -0.269 e. The number of rotatable bonds is 4. The first kappa shape index (κ1) is 13.6. The monoisotopic (exact) mass is 278 g/mol. The van der Waals surface area contributed by atoms with Crippen LogP contribution in [0.4, 0.5) is 0 Å². The highest BCUT2D eigenvalue weighted by Gasteiger charge is 2.09. The third kappa shape index (κ3) is 2.79. The Balaban J connectivity index is 2.61. The van der Waals surface area contributed by atoms with E-state index in [4.69, 9.17) is 11.6 Å². The van der Waals surface area contributed by atoms with E-state index in [0.29, 0.717) is 24.4 Å². The first-order valence-corrected chi connectivity index (χ1v) is 6.63. The van der Waals surface area contributed by atoms with E-state index in [9.17, 15) is 9.59 Å². The maximum atomic E-state index is 12.3. The molecule has 2 rings (SSSR count). The molecule has 0 N–H and O–H groups in total. The van der Waals surface area contributed by atoms with Gasteiger partial charge in [-0.2, -0.15) is 0 Å². The topological polar surface area (TPSA) is 44.0 Å². The zero-order valence-electron chi connectivity index (χ0n) is 10.7. The molecule has 4 nitrogen and oxygen atoms in total. The van der Waals surface area contributed by atoms with Gasteiger partial charge in [0.1, 0.15) is 0 Å². The van der Waals surface area contributed by atoms with Crippen LogP contribution >= 0.6 is 11.6 Å². The molecule has 0 amide bonds. The predicted molar refractivity (Wildman–Crippen MR) is 76.4 cm³/mol. The summed E-state index contributed by atoms with van der Waals surface area (Å²) in [6.45, 7) is 2.05. The van der Waals surface area contributed by atoms with Crippen LogP contribution in [-0.4, -0.2) is 15.0 Å². The van der Waals surface area contributed by atoms with Gasteiger partial charge in [-0.3, -0.25) is 13.9 Å². The zero-order chi connectivity index (χ0) is 13.8. The molecule has 0 spiro atoms. The van der Waals surface area contributed by atoms with Crippen molar-refractivity contribution in [1.82, 2.24) is 9.13 Å². The molecule has 1 aromatic heterocycles. The summed E-state index contributed by atoms with van der Waals surface area (Å²) in [7, 11) is 0. The molecule has 19 heavy (non-hydrogen) atoms. The summed E-state index contributed by atoms with van der Waals surface area (Å²) < 4.78 is 2.73. The van der Waals surface area contributed by atoms with E-state index in [2.05, 4.69) is 0 Å². The summed E-state index contributed by atoms with van der Waals surface area (Å²) in [5.74, 6) is 0.422. The highest BCUT2D eigenvalue weighted by molar-refractivity contribution is 6.17. The largest absolute Gasteiger partial charge is 0.335 e. The molecule has 0 saturated carbocycles. The van der Waals surface area contributed by atoms with Gasteiger partial charge in [0.05, 0.1) is 5.69 Å². The number of hydrogen-bond donors (Lipinski definition) is 0. The molecule has 5 heteroatoms. The number of hydrogen-bond acceptors (Lipinski definition) is 2. The number of nitrogens with zero attached hydrogens (tertiary/aromatic N) is 2. The van der Waals surface area contributed by atoms with E-state index in [1.807, 2.05) is 30.3 Å². The number of benzene rings is 1. The van der Waals surface area contributed by atoms with Crippen molar-refractivity contribution >= 4 is 11.6 Å². The molecule has 1 aromatic carbocycles. The summed E-state index contributed by atoms with van der Waals surface area (Å²) in [5, 5.41) is 0. The lowest BCUT2D eigenvalue weighted by atomic mass is 10.3. The normalized spacial score (nSPS) is 10.6. The number of alkyl halides is 1. The molecular formula is C14H15ClN2O2. The van der Waals surface area contributed by atoms with E-state index < -0.39 is 0 Å². The second-order valence-corrected chi connectivity index (χ2v) is 4.68. The summed E-state index contributed by atoms with van der Waals surface area (Å²) in [6, 6.07) is 9.25. The lowest BCUT2D eigenvalue weighted by Gasteiger charge is -2.11. The Bertz CT molecular complexity index is 674. The van der Waals surface area contributed by atoms with Gasteiger partial charge in [-0.05, 0) is 25.5 Å². The summed E-state index contributed by atoms with van der Waals surface area (Å²) in [5.41, 5.74) is 0.711. The average molecular weight is 279 g/mol. The van der Waals surface area contributed by atoms with Crippen molar-refractivity contribution in [3.63, 3.8) is 0 Å². The van der Waals surface area contributed by atoms with Crippen LogP contribution in [0.5, 0.6) is 0 Å². The summed E-state index contributed by atoms with van der Waals surface area (Å²) in [6.07, 6.45) is 2.17. The molecular weight excluding hydrogens is 264 g/mol. The van der Waals surface area contributed by atoms with Gasteiger partial charge in [0.15, 0.2) is 0 Å². The Labute approximate surface area is 115 Å². The van der Waals surface area contributed by atoms with E-state index in [0.717, 1.165) is 5.69 Å². The zero-order valence-corrected chi connectivity index (χ0v) is 11.4. The summed E-state index contributed by atoms with van der Waals surface area (Å²) >= 11 is 5.63. The SMILES string of the molecule is Cc1cn(-c2ccccc2)c(=O)n(CCCCl)c1=O.